The van der Waals surface area contributed by atoms with Gasteiger partial charge in [0.2, 0.25) is 11.9 Å². The lowest BCUT2D eigenvalue weighted by molar-refractivity contribution is -0.127. The number of nitrogens with zero attached hydrogens (tertiary/aromatic N) is 5. The maximum Gasteiger partial charge on any atom is 0.269 e. The summed E-state index contributed by atoms with van der Waals surface area (Å²) in [5, 5.41) is 2.98. The van der Waals surface area contributed by atoms with Crippen molar-refractivity contribution in [3.8, 4) is 10.4 Å². The highest BCUT2D eigenvalue weighted by atomic mass is 32.1. The summed E-state index contributed by atoms with van der Waals surface area (Å²) in [7, 11) is 0. The quantitative estimate of drug-likeness (QED) is 0.330. The Balaban J connectivity index is 1.33. The molecular weight excluding hydrogens is 502 g/mol. The number of anilines is 1. The number of aromatic nitrogens is 5. The number of hydrogen-bond acceptors (Lipinski definition) is 7. The Hall–Kier alpha value is -4.38. The maximum absolute atomic E-state index is 13.3. The van der Waals surface area contributed by atoms with Crippen LogP contribution in [0, 0.1) is 6.92 Å². The van der Waals surface area contributed by atoms with Crippen LogP contribution in [0.4, 0.5) is 5.95 Å². The number of pyridine rings is 1. The first kappa shape index (κ1) is 24.0. The Bertz CT molecular complexity index is 1740. The van der Waals surface area contributed by atoms with Crippen LogP contribution in [0.5, 0.6) is 0 Å². The van der Waals surface area contributed by atoms with Crippen LogP contribution in [-0.2, 0) is 11.3 Å². The Morgan fingerprint density at radius 2 is 1.92 bits per heavy atom. The van der Waals surface area contributed by atoms with Gasteiger partial charge in [-0.1, -0.05) is 0 Å². The zero-order valence-corrected chi connectivity index (χ0v) is 21.5. The fourth-order valence-corrected chi connectivity index (χ4v) is 5.68. The number of thiophene rings is 1. The number of imidazole rings is 1. The lowest BCUT2D eigenvalue weighted by Crippen LogP contribution is -2.26. The second kappa shape index (κ2) is 9.82. The number of benzene rings is 1. The van der Waals surface area contributed by atoms with Crippen LogP contribution in [0.15, 0.2) is 53.6 Å². The highest BCUT2D eigenvalue weighted by Gasteiger charge is 2.21. The molecule has 4 aromatic heterocycles. The molecule has 0 spiro atoms. The van der Waals surface area contributed by atoms with E-state index in [1.807, 2.05) is 33.7 Å². The zero-order valence-electron chi connectivity index (χ0n) is 20.7. The Labute approximate surface area is 221 Å². The summed E-state index contributed by atoms with van der Waals surface area (Å²) < 4.78 is 1.95. The molecule has 1 aromatic carbocycles. The molecule has 6 rings (SSSR count). The first-order valence-electron chi connectivity index (χ1n) is 12.5. The van der Waals surface area contributed by atoms with E-state index in [4.69, 9.17) is 4.98 Å². The largest absolute Gasteiger partial charge is 0.343 e. The van der Waals surface area contributed by atoms with Crippen molar-refractivity contribution < 1.29 is 9.59 Å². The van der Waals surface area contributed by atoms with Crippen LogP contribution in [0.2, 0.25) is 0 Å². The molecule has 1 aliphatic rings. The Morgan fingerprint density at radius 3 is 2.71 bits per heavy atom. The molecule has 2 N–H and O–H groups in total. The average molecular weight is 528 g/mol. The van der Waals surface area contributed by atoms with Gasteiger partial charge < -0.3 is 14.5 Å². The van der Waals surface area contributed by atoms with Crippen molar-refractivity contribution in [3.63, 3.8) is 0 Å². The molecule has 0 atom stereocenters. The van der Waals surface area contributed by atoms with Gasteiger partial charge in [0.05, 0.1) is 26.9 Å². The molecular formula is C27H25N7O3S. The number of aryl methyl sites for hydroxylation is 2. The fourth-order valence-electron chi connectivity index (χ4n) is 4.77. The molecule has 38 heavy (non-hydrogen) atoms. The minimum atomic E-state index is -0.256. The zero-order chi connectivity index (χ0) is 26.2. The number of carbonyl (C=O) groups excluding carboxylic acids is 2. The van der Waals surface area contributed by atoms with Gasteiger partial charge >= 0.3 is 0 Å². The topological polar surface area (TPSA) is 126 Å². The summed E-state index contributed by atoms with van der Waals surface area (Å²) in [5.74, 6) is 0.339. The van der Waals surface area contributed by atoms with Crippen LogP contribution in [0.3, 0.4) is 0 Å². The second-order valence-corrected chi connectivity index (χ2v) is 10.4. The van der Waals surface area contributed by atoms with E-state index in [-0.39, 0.29) is 17.4 Å². The molecule has 1 fully saturated rings. The van der Waals surface area contributed by atoms with Crippen molar-refractivity contribution in [2.45, 2.75) is 32.7 Å². The number of likely N-dealkylation sites (tertiary alicyclic amines) is 1. The van der Waals surface area contributed by atoms with Gasteiger partial charge in [-0.05, 0) is 61.7 Å². The molecule has 0 bridgehead atoms. The molecule has 0 saturated carbocycles. The standard InChI is InChI=1S/C27H25N7O3S/c1-16-25(36)30-18-14-20-21(15-19(18)29-16)34(13-3-12-33-11-2-4-24(33)35)27(31-20)32-26(37)23-6-5-22(38-23)17-7-9-28-10-8-17/h5-10,14-15H,2-4,11-13H2,1H3,(H,30,36)(H,31,32,37). The lowest BCUT2D eigenvalue weighted by Gasteiger charge is -2.16. The van der Waals surface area contributed by atoms with Gasteiger partial charge in [-0.25, -0.2) is 9.97 Å². The van der Waals surface area contributed by atoms with E-state index in [9.17, 15) is 14.4 Å². The van der Waals surface area contributed by atoms with Gasteiger partial charge in [-0.2, -0.15) is 0 Å². The third-order valence-corrected chi connectivity index (χ3v) is 7.86. The first-order valence-corrected chi connectivity index (χ1v) is 13.3. The van der Waals surface area contributed by atoms with E-state index in [2.05, 4.69) is 20.3 Å². The molecule has 5 aromatic rings. The van der Waals surface area contributed by atoms with E-state index >= 15 is 0 Å². The molecule has 0 aliphatic carbocycles. The minimum absolute atomic E-state index is 0.186. The van der Waals surface area contributed by atoms with Crippen molar-refractivity contribution >= 4 is 51.2 Å². The smallest absolute Gasteiger partial charge is 0.269 e. The summed E-state index contributed by atoms with van der Waals surface area (Å²) in [5.41, 5.74) is 3.78. The summed E-state index contributed by atoms with van der Waals surface area (Å²) in [6.45, 7) is 3.65. The van der Waals surface area contributed by atoms with E-state index in [0.29, 0.717) is 59.0 Å². The number of fused-ring (bicyclic) bond motifs is 2. The Morgan fingerprint density at radius 1 is 1.08 bits per heavy atom. The number of nitrogens with one attached hydrogen (secondary N) is 2. The van der Waals surface area contributed by atoms with Gasteiger partial charge in [0, 0.05) is 43.3 Å². The third kappa shape index (κ3) is 4.56. The number of carbonyl (C=O) groups is 2. The maximum atomic E-state index is 13.3. The van der Waals surface area contributed by atoms with Crippen LogP contribution < -0.4 is 10.9 Å². The third-order valence-electron chi connectivity index (χ3n) is 6.73. The molecule has 2 amide bonds. The van der Waals surface area contributed by atoms with Crippen molar-refractivity contribution in [2.24, 2.45) is 0 Å². The fraction of sp³-hybridized carbons (Fsp3) is 0.259. The van der Waals surface area contributed by atoms with Gasteiger partial charge in [-0.15, -0.1) is 11.3 Å². The van der Waals surface area contributed by atoms with Crippen LogP contribution in [0.25, 0.3) is 32.5 Å². The number of H-pyrrole nitrogens is 1. The summed E-state index contributed by atoms with van der Waals surface area (Å²) in [6.07, 6.45) is 5.65. The molecule has 1 aliphatic heterocycles. The predicted octanol–water partition coefficient (Wildman–Crippen LogP) is 3.97. The predicted molar refractivity (Wildman–Crippen MR) is 146 cm³/mol. The van der Waals surface area contributed by atoms with Crippen molar-refractivity contribution in [2.75, 3.05) is 18.4 Å². The van der Waals surface area contributed by atoms with E-state index in [1.54, 1.807) is 31.5 Å². The molecule has 0 radical (unpaired) electrons. The number of amides is 2. The molecule has 192 valence electrons. The normalized spacial score (nSPS) is 13.6. The summed E-state index contributed by atoms with van der Waals surface area (Å²) in [4.78, 5) is 56.9. The highest BCUT2D eigenvalue weighted by Crippen LogP contribution is 2.29. The van der Waals surface area contributed by atoms with E-state index in [0.717, 1.165) is 28.9 Å². The summed E-state index contributed by atoms with van der Waals surface area (Å²) in [6, 6.07) is 11.2. The number of aromatic amines is 1. The van der Waals surface area contributed by atoms with E-state index in [1.165, 1.54) is 11.3 Å². The monoisotopic (exact) mass is 527 g/mol. The van der Waals surface area contributed by atoms with Crippen molar-refractivity contribution in [1.82, 2.24) is 29.4 Å². The SMILES string of the molecule is Cc1nc2cc3c(cc2[nH]c1=O)nc(NC(=O)c1ccc(-c2ccncc2)s1)n3CCCN1CCCC1=O. The van der Waals surface area contributed by atoms with Gasteiger partial charge in [-0.3, -0.25) is 24.7 Å². The number of rotatable bonds is 7. The molecule has 1 saturated heterocycles. The van der Waals surface area contributed by atoms with Crippen LogP contribution in [-0.4, -0.2) is 54.3 Å². The lowest BCUT2D eigenvalue weighted by atomic mass is 10.2. The Kier molecular flexibility index (Phi) is 6.20. The molecule has 0 unspecified atom stereocenters. The van der Waals surface area contributed by atoms with E-state index < -0.39 is 0 Å². The average Bonchev–Trinajstić information content (AvgIpc) is 3.64. The van der Waals surface area contributed by atoms with Crippen molar-refractivity contribution in [3.05, 3.63) is 69.7 Å². The van der Waals surface area contributed by atoms with Gasteiger partial charge in [0.25, 0.3) is 11.5 Å². The first-order chi connectivity index (χ1) is 18.5. The highest BCUT2D eigenvalue weighted by molar-refractivity contribution is 7.17. The summed E-state index contributed by atoms with van der Waals surface area (Å²) >= 11 is 1.40. The molecule has 5 heterocycles. The number of hydrogen-bond donors (Lipinski definition) is 2. The second-order valence-electron chi connectivity index (χ2n) is 9.29. The molecule has 10 nitrogen and oxygen atoms in total. The van der Waals surface area contributed by atoms with Crippen LogP contribution in [0.1, 0.15) is 34.6 Å². The van der Waals surface area contributed by atoms with Gasteiger partial charge in [0.15, 0.2) is 0 Å². The van der Waals surface area contributed by atoms with Crippen LogP contribution >= 0.6 is 11.3 Å². The van der Waals surface area contributed by atoms with Crippen molar-refractivity contribution in [1.29, 1.82) is 0 Å². The van der Waals surface area contributed by atoms with Gasteiger partial charge in [0.1, 0.15) is 5.69 Å². The minimum Gasteiger partial charge on any atom is -0.343 e. The molecule has 11 heteroatoms.